The third kappa shape index (κ3) is 6.47. The van der Waals surface area contributed by atoms with Crippen LogP contribution in [0.3, 0.4) is 0 Å². The second kappa shape index (κ2) is 10.1. The van der Waals surface area contributed by atoms with Gasteiger partial charge in [-0.2, -0.15) is 0 Å². The average Bonchev–Trinajstić information content (AvgIpc) is 2.66. The fourth-order valence-electron chi connectivity index (χ4n) is 2.15. The SMILES string of the molecule is COc1ccc(OCCCC(=O)O[C@H](C)C(=O)Nc2ccccc2)cc1. The van der Waals surface area contributed by atoms with Gasteiger partial charge in [-0.1, -0.05) is 18.2 Å². The number of esters is 1. The first-order valence-electron chi connectivity index (χ1n) is 8.40. The molecule has 0 fully saturated rings. The first kappa shape index (κ1) is 19.3. The van der Waals surface area contributed by atoms with Gasteiger partial charge < -0.3 is 19.5 Å². The maximum atomic E-state index is 12.0. The number of anilines is 1. The van der Waals surface area contributed by atoms with Crippen LogP contribution in [0.1, 0.15) is 19.8 Å². The van der Waals surface area contributed by atoms with Crippen molar-refractivity contribution in [1.82, 2.24) is 0 Å². The van der Waals surface area contributed by atoms with Crippen LogP contribution in [-0.2, 0) is 14.3 Å². The van der Waals surface area contributed by atoms with E-state index in [0.29, 0.717) is 24.5 Å². The van der Waals surface area contributed by atoms with Crippen LogP contribution < -0.4 is 14.8 Å². The zero-order valence-corrected chi connectivity index (χ0v) is 14.9. The number of carbonyl (C=O) groups excluding carboxylic acids is 2. The van der Waals surface area contributed by atoms with Crippen molar-refractivity contribution in [2.45, 2.75) is 25.9 Å². The lowest BCUT2D eigenvalue weighted by atomic mass is 10.3. The lowest BCUT2D eigenvalue weighted by Crippen LogP contribution is -2.30. The van der Waals surface area contributed by atoms with Crippen molar-refractivity contribution in [3.63, 3.8) is 0 Å². The van der Waals surface area contributed by atoms with E-state index in [1.807, 2.05) is 18.2 Å². The van der Waals surface area contributed by atoms with Crippen molar-refractivity contribution in [2.24, 2.45) is 0 Å². The van der Waals surface area contributed by atoms with Crippen LogP contribution >= 0.6 is 0 Å². The Labute approximate surface area is 153 Å². The highest BCUT2D eigenvalue weighted by Gasteiger charge is 2.17. The first-order chi connectivity index (χ1) is 12.6. The van der Waals surface area contributed by atoms with E-state index in [4.69, 9.17) is 14.2 Å². The normalized spacial score (nSPS) is 11.3. The number of nitrogens with one attached hydrogen (secondary N) is 1. The predicted octanol–water partition coefficient (Wildman–Crippen LogP) is 3.42. The van der Waals surface area contributed by atoms with Crippen molar-refractivity contribution in [1.29, 1.82) is 0 Å². The molecule has 2 aromatic rings. The molecule has 6 heteroatoms. The number of ether oxygens (including phenoxy) is 3. The van der Waals surface area contributed by atoms with Crippen LogP contribution in [0, 0.1) is 0 Å². The van der Waals surface area contributed by atoms with E-state index in [1.165, 1.54) is 0 Å². The predicted molar refractivity (Wildman–Crippen MR) is 98.3 cm³/mol. The summed E-state index contributed by atoms with van der Waals surface area (Å²) in [5, 5.41) is 2.69. The fourth-order valence-corrected chi connectivity index (χ4v) is 2.15. The summed E-state index contributed by atoms with van der Waals surface area (Å²) in [5.41, 5.74) is 0.660. The van der Waals surface area contributed by atoms with Gasteiger partial charge in [0.05, 0.1) is 13.7 Å². The number of amides is 1. The number of hydrogen-bond donors (Lipinski definition) is 1. The van der Waals surface area contributed by atoms with Crippen LogP contribution in [0.5, 0.6) is 11.5 Å². The molecule has 0 saturated carbocycles. The Balaban J connectivity index is 1.65. The molecule has 2 rings (SSSR count). The van der Waals surface area contributed by atoms with E-state index < -0.39 is 12.1 Å². The molecule has 0 bridgehead atoms. The van der Waals surface area contributed by atoms with Gasteiger partial charge in [-0.15, -0.1) is 0 Å². The summed E-state index contributed by atoms with van der Waals surface area (Å²) in [6, 6.07) is 16.2. The lowest BCUT2D eigenvalue weighted by Gasteiger charge is -2.13. The van der Waals surface area contributed by atoms with Gasteiger partial charge in [0.1, 0.15) is 11.5 Å². The molecule has 0 aromatic heterocycles. The van der Waals surface area contributed by atoms with Gasteiger partial charge in [0.2, 0.25) is 0 Å². The molecule has 1 amide bonds. The second-order valence-corrected chi connectivity index (χ2v) is 5.61. The molecular weight excluding hydrogens is 334 g/mol. The van der Waals surface area contributed by atoms with Gasteiger partial charge in [-0.05, 0) is 49.7 Å². The molecule has 1 N–H and O–H groups in total. The lowest BCUT2D eigenvalue weighted by molar-refractivity contribution is -0.153. The van der Waals surface area contributed by atoms with Gasteiger partial charge in [0.25, 0.3) is 5.91 Å². The van der Waals surface area contributed by atoms with Crippen LogP contribution in [0.15, 0.2) is 54.6 Å². The molecule has 2 aromatic carbocycles. The van der Waals surface area contributed by atoms with Gasteiger partial charge >= 0.3 is 5.97 Å². The Morgan fingerprint density at radius 3 is 2.31 bits per heavy atom. The van der Waals surface area contributed by atoms with Crippen molar-refractivity contribution in [3.8, 4) is 11.5 Å². The number of rotatable bonds is 9. The molecule has 0 heterocycles. The highest BCUT2D eigenvalue weighted by atomic mass is 16.5. The second-order valence-electron chi connectivity index (χ2n) is 5.61. The fraction of sp³-hybridized carbons (Fsp3) is 0.300. The van der Waals surface area contributed by atoms with Gasteiger partial charge in [0.15, 0.2) is 6.10 Å². The molecule has 6 nitrogen and oxygen atoms in total. The van der Waals surface area contributed by atoms with E-state index in [-0.39, 0.29) is 12.3 Å². The number of methoxy groups -OCH3 is 1. The Morgan fingerprint density at radius 2 is 1.65 bits per heavy atom. The number of para-hydroxylation sites is 1. The molecule has 0 aliphatic carbocycles. The summed E-state index contributed by atoms with van der Waals surface area (Å²) in [4.78, 5) is 23.8. The molecule has 0 aliphatic heterocycles. The Kier molecular flexibility index (Phi) is 7.49. The topological polar surface area (TPSA) is 73.9 Å². The van der Waals surface area contributed by atoms with Crippen molar-refractivity contribution in [2.75, 3.05) is 19.0 Å². The minimum absolute atomic E-state index is 0.180. The van der Waals surface area contributed by atoms with E-state index >= 15 is 0 Å². The maximum Gasteiger partial charge on any atom is 0.306 e. The summed E-state index contributed by atoms with van der Waals surface area (Å²) in [6.07, 6.45) is -0.179. The molecule has 0 unspecified atom stereocenters. The minimum Gasteiger partial charge on any atom is -0.497 e. The quantitative estimate of drug-likeness (QED) is 0.550. The molecule has 26 heavy (non-hydrogen) atoms. The van der Waals surface area contributed by atoms with Gasteiger partial charge in [0, 0.05) is 12.1 Å². The molecule has 1 atom stereocenters. The first-order valence-corrected chi connectivity index (χ1v) is 8.40. The van der Waals surface area contributed by atoms with Crippen LogP contribution in [0.2, 0.25) is 0 Å². The Bertz CT molecular complexity index is 700. The largest absolute Gasteiger partial charge is 0.497 e. The highest BCUT2D eigenvalue weighted by molar-refractivity contribution is 5.95. The number of carbonyl (C=O) groups is 2. The number of hydrogen-bond acceptors (Lipinski definition) is 5. The highest BCUT2D eigenvalue weighted by Crippen LogP contribution is 2.17. The summed E-state index contributed by atoms with van der Waals surface area (Å²) >= 11 is 0. The molecule has 0 spiro atoms. The Morgan fingerprint density at radius 1 is 1.00 bits per heavy atom. The molecule has 0 aliphatic rings. The molecule has 138 valence electrons. The monoisotopic (exact) mass is 357 g/mol. The van der Waals surface area contributed by atoms with Crippen LogP contribution in [0.4, 0.5) is 5.69 Å². The van der Waals surface area contributed by atoms with Crippen molar-refractivity contribution >= 4 is 17.6 Å². The smallest absolute Gasteiger partial charge is 0.306 e. The van der Waals surface area contributed by atoms with Crippen molar-refractivity contribution in [3.05, 3.63) is 54.6 Å². The minimum atomic E-state index is -0.856. The third-order valence-electron chi connectivity index (χ3n) is 3.57. The summed E-state index contributed by atoms with van der Waals surface area (Å²) < 4.78 is 15.8. The molecule has 0 saturated heterocycles. The zero-order chi connectivity index (χ0) is 18.8. The average molecular weight is 357 g/mol. The Hall–Kier alpha value is -3.02. The summed E-state index contributed by atoms with van der Waals surface area (Å²) in [5.74, 6) is 0.663. The van der Waals surface area contributed by atoms with E-state index in [9.17, 15) is 9.59 Å². The molecular formula is C20H23NO5. The summed E-state index contributed by atoms with van der Waals surface area (Å²) in [7, 11) is 1.60. The van der Waals surface area contributed by atoms with Gasteiger partial charge in [-0.25, -0.2) is 0 Å². The maximum absolute atomic E-state index is 12.0. The number of benzene rings is 2. The summed E-state index contributed by atoms with van der Waals surface area (Å²) in [6.45, 7) is 1.93. The molecule has 0 radical (unpaired) electrons. The van der Waals surface area contributed by atoms with E-state index in [1.54, 1.807) is 50.4 Å². The van der Waals surface area contributed by atoms with Crippen LogP contribution in [0.25, 0.3) is 0 Å². The third-order valence-corrected chi connectivity index (χ3v) is 3.57. The van der Waals surface area contributed by atoms with Crippen molar-refractivity contribution < 1.29 is 23.8 Å². The standard InChI is InChI=1S/C20H23NO5/c1-15(20(23)21-16-7-4-3-5-8-16)26-19(22)9-6-14-25-18-12-10-17(24-2)11-13-18/h3-5,7-8,10-13,15H,6,9,14H2,1-2H3,(H,21,23)/t15-/m1/s1. The van der Waals surface area contributed by atoms with Gasteiger partial charge in [-0.3, -0.25) is 9.59 Å². The van der Waals surface area contributed by atoms with E-state index in [2.05, 4.69) is 5.32 Å². The zero-order valence-electron chi connectivity index (χ0n) is 14.9. The van der Waals surface area contributed by atoms with E-state index in [0.717, 1.165) is 5.75 Å². The van der Waals surface area contributed by atoms with Crippen LogP contribution in [-0.4, -0.2) is 31.7 Å².